The van der Waals surface area contributed by atoms with E-state index in [2.05, 4.69) is 20.1 Å². The first kappa shape index (κ1) is 21.7. The van der Waals surface area contributed by atoms with Gasteiger partial charge in [0, 0.05) is 36.2 Å². The number of benzene rings is 2. The largest absolute Gasteiger partial charge is 0.366 e. The van der Waals surface area contributed by atoms with Crippen LogP contribution in [0.2, 0.25) is 0 Å². The number of aromatic nitrogens is 4. The number of fused-ring (bicyclic) bond motifs is 2. The number of carbonyl (C=O) groups is 1. The fourth-order valence-corrected chi connectivity index (χ4v) is 6.07. The highest BCUT2D eigenvalue weighted by atomic mass is 19.1. The van der Waals surface area contributed by atoms with Crippen LogP contribution in [0.1, 0.15) is 27.9 Å². The molecule has 1 aliphatic carbocycles. The van der Waals surface area contributed by atoms with E-state index in [0.717, 1.165) is 42.0 Å². The number of primary amides is 1. The number of rotatable bonds is 5. The molecule has 6 rings (SSSR count). The summed E-state index contributed by atoms with van der Waals surface area (Å²) in [6.45, 7) is 3.84. The topological polar surface area (TPSA) is 127 Å². The van der Waals surface area contributed by atoms with Gasteiger partial charge in [-0.3, -0.25) is 9.89 Å². The lowest BCUT2D eigenvalue weighted by atomic mass is 9.91. The summed E-state index contributed by atoms with van der Waals surface area (Å²) in [5.41, 5.74) is 16.1. The number of piperidine rings is 1. The minimum absolute atomic E-state index is 0.177. The third kappa shape index (κ3) is 3.22. The number of hydrogen-bond acceptors (Lipinski definition) is 6. The van der Waals surface area contributed by atoms with Crippen LogP contribution in [0.15, 0.2) is 48.7 Å². The molecule has 2 aromatic heterocycles. The van der Waals surface area contributed by atoms with Crippen molar-refractivity contribution >= 4 is 22.9 Å². The van der Waals surface area contributed by atoms with E-state index in [1.165, 1.54) is 6.07 Å². The first-order chi connectivity index (χ1) is 16.9. The van der Waals surface area contributed by atoms with Crippen LogP contribution in [0.4, 0.5) is 10.2 Å². The second-order valence-electron chi connectivity index (χ2n) is 9.56. The molecular weight excluding hydrogens is 445 g/mol. The molecule has 1 saturated heterocycles. The lowest BCUT2D eigenvalue weighted by molar-refractivity contribution is 0.0999. The number of halogens is 1. The summed E-state index contributed by atoms with van der Waals surface area (Å²) in [6.07, 6.45) is 2.69. The number of amides is 1. The van der Waals surface area contributed by atoms with Crippen LogP contribution in [-0.4, -0.2) is 45.7 Å². The van der Waals surface area contributed by atoms with E-state index in [9.17, 15) is 9.18 Å². The van der Waals surface area contributed by atoms with Gasteiger partial charge in [0.15, 0.2) is 5.65 Å². The summed E-state index contributed by atoms with van der Waals surface area (Å²) in [4.78, 5) is 23.2. The quantitative estimate of drug-likeness (QED) is 0.411. The molecule has 4 aromatic rings. The molecule has 0 bridgehead atoms. The predicted octanol–water partition coefficient (Wildman–Crippen LogP) is 2.92. The van der Waals surface area contributed by atoms with Gasteiger partial charge in [-0.25, -0.2) is 14.4 Å². The van der Waals surface area contributed by atoms with E-state index in [1.807, 2.05) is 31.2 Å². The molecule has 1 amide bonds. The molecule has 3 heterocycles. The van der Waals surface area contributed by atoms with Crippen molar-refractivity contribution in [2.45, 2.75) is 18.8 Å². The van der Waals surface area contributed by atoms with Crippen molar-refractivity contribution in [3.63, 3.8) is 0 Å². The van der Waals surface area contributed by atoms with Crippen molar-refractivity contribution in [1.82, 2.24) is 20.2 Å². The Morgan fingerprint density at radius 1 is 1.26 bits per heavy atom. The molecule has 178 valence electrons. The van der Waals surface area contributed by atoms with E-state index < -0.39 is 5.91 Å². The summed E-state index contributed by atoms with van der Waals surface area (Å²) in [7, 11) is 0. The zero-order valence-electron chi connectivity index (χ0n) is 19.3. The van der Waals surface area contributed by atoms with Crippen molar-refractivity contribution < 1.29 is 9.18 Å². The molecule has 0 unspecified atom stereocenters. The van der Waals surface area contributed by atoms with Crippen LogP contribution in [0.5, 0.6) is 0 Å². The van der Waals surface area contributed by atoms with E-state index in [1.54, 1.807) is 18.3 Å². The number of nitrogens with one attached hydrogen (secondary N) is 1. The maximum atomic E-state index is 14.6. The summed E-state index contributed by atoms with van der Waals surface area (Å²) in [5.74, 6) is 0.780. The van der Waals surface area contributed by atoms with Gasteiger partial charge < -0.3 is 16.4 Å². The van der Waals surface area contributed by atoms with Gasteiger partial charge in [0.2, 0.25) is 5.91 Å². The van der Waals surface area contributed by atoms with E-state index in [4.69, 9.17) is 16.5 Å². The Bertz CT molecular complexity index is 1470. The highest BCUT2D eigenvalue weighted by Crippen LogP contribution is 2.63. The van der Waals surface area contributed by atoms with Crippen molar-refractivity contribution in [2.75, 3.05) is 24.5 Å². The predicted molar refractivity (Wildman–Crippen MR) is 131 cm³/mol. The van der Waals surface area contributed by atoms with Gasteiger partial charge in [-0.2, -0.15) is 5.10 Å². The maximum absolute atomic E-state index is 14.6. The van der Waals surface area contributed by atoms with E-state index in [-0.39, 0.29) is 17.2 Å². The highest BCUT2D eigenvalue weighted by Gasteiger charge is 2.66. The summed E-state index contributed by atoms with van der Waals surface area (Å²) >= 11 is 0. The number of anilines is 1. The molecule has 5 N–H and O–H groups in total. The summed E-state index contributed by atoms with van der Waals surface area (Å²) < 4.78 is 14.6. The fourth-order valence-electron chi connectivity index (χ4n) is 6.07. The first-order valence-corrected chi connectivity index (χ1v) is 11.8. The molecule has 2 aromatic carbocycles. The fraction of sp³-hybridized carbons (Fsp3) is 0.308. The number of nitrogens with zero attached hydrogens (tertiary/aromatic N) is 4. The Morgan fingerprint density at radius 3 is 2.83 bits per heavy atom. The molecule has 2 fully saturated rings. The molecule has 3 atom stereocenters. The van der Waals surface area contributed by atoms with Gasteiger partial charge in [0.05, 0.1) is 6.20 Å². The SMILES string of the molecule is Cc1cc(-c2n[nH]c3nc(N4CC[C@@H]5[C@H](C4)[C@@]5(CN)c4ccccc4F)cnc23)ccc1C(N)=O. The number of nitrogens with two attached hydrogens (primary N) is 2. The minimum Gasteiger partial charge on any atom is -0.366 e. The van der Waals surface area contributed by atoms with Gasteiger partial charge in [0.1, 0.15) is 22.8 Å². The van der Waals surface area contributed by atoms with Crippen LogP contribution in [-0.2, 0) is 5.41 Å². The molecule has 1 saturated carbocycles. The third-order valence-corrected chi connectivity index (χ3v) is 7.89. The number of H-pyrrole nitrogens is 1. The van der Waals surface area contributed by atoms with Gasteiger partial charge >= 0.3 is 0 Å². The van der Waals surface area contributed by atoms with Crippen molar-refractivity contribution in [3.8, 4) is 11.3 Å². The molecule has 2 aliphatic rings. The molecule has 1 aliphatic heterocycles. The number of carbonyl (C=O) groups excluding carboxylic acids is 1. The first-order valence-electron chi connectivity index (χ1n) is 11.8. The monoisotopic (exact) mass is 471 g/mol. The van der Waals surface area contributed by atoms with Crippen LogP contribution in [0.3, 0.4) is 0 Å². The van der Waals surface area contributed by atoms with Crippen molar-refractivity contribution in [1.29, 1.82) is 0 Å². The van der Waals surface area contributed by atoms with E-state index >= 15 is 0 Å². The van der Waals surface area contributed by atoms with Gasteiger partial charge in [-0.15, -0.1) is 0 Å². The third-order valence-electron chi connectivity index (χ3n) is 7.89. The molecular formula is C26H26FN7O. The molecule has 0 spiro atoms. The average molecular weight is 472 g/mol. The smallest absolute Gasteiger partial charge is 0.248 e. The normalized spacial score (nSPS) is 23.3. The van der Waals surface area contributed by atoms with E-state index in [0.29, 0.717) is 34.9 Å². The Hall–Kier alpha value is -3.85. The van der Waals surface area contributed by atoms with Crippen molar-refractivity contribution in [3.05, 3.63) is 71.2 Å². The number of aryl methyl sites for hydroxylation is 1. The molecule has 0 radical (unpaired) electrons. The zero-order valence-corrected chi connectivity index (χ0v) is 19.3. The second kappa shape index (κ2) is 7.84. The number of hydrogen-bond donors (Lipinski definition) is 3. The Kier molecular flexibility index (Phi) is 4.86. The molecule has 9 heteroatoms. The van der Waals surface area contributed by atoms with Crippen LogP contribution >= 0.6 is 0 Å². The molecule has 8 nitrogen and oxygen atoms in total. The van der Waals surface area contributed by atoms with Crippen LogP contribution in [0.25, 0.3) is 22.4 Å². The Balaban J connectivity index is 1.27. The minimum atomic E-state index is -0.460. The van der Waals surface area contributed by atoms with Gasteiger partial charge in [-0.1, -0.05) is 24.3 Å². The lowest BCUT2D eigenvalue weighted by Gasteiger charge is -2.26. The Labute approximate surface area is 201 Å². The van der Waals surface area contributed by atoms with Gasteiger partial charge in [0.25, 0.3) is 0 Å². The standard InChI is InChI=1S/C26H26FN7O/c1-14-10-15(6-7-16(14)24(29)35)22-23-25(33-32-22)31-21(11-30-23)34-9-8-17-19(12-34)26(17,13-28)18-4-2-3-5-20(18)27/h2-7,10-11,17,19H,8-9,12-13,28H2,1H3,(H2,29,35)(H,31,32,33)/t17-,19+,26-/m1/s1. The zero-order chi connectivity index (χ0) is 24.3. The second-order valence-corrected chi connectivity index (χ2v) is 9.56. The van der Waals surface area contributed by atoms with Crippen molar-refractivity contribution in [2.24, 2.45) is 23.3 Å². The van der Waals surface area contributed by atoms with Gasteiger partial charge in [-0.05, 0) is 54.5 Å². The average Bonchev–Trinajstić information content (AvgIpc) is 3.31. The summed E-state index contributed by atoms with van der Waals surface area (Å²) in [6, 6.07) is 12.4. The van der Waals surface area contributed by atoms with Crippen LogP contribution in [0, 0.1) is 24.6 Å². The highest BCUT2D eigenvalue weighted by molar-refractivity contribution is 5.95. The number of aromatic amines is 1. The lowest BCUT2D eigenvalue weighted by Crippen LogP contribution is -2.32. The van der Waals surface area contributed by atoms with Crippen LogP contribution < -0.4 is 16.4 Å². The summed E-state index contributed by atoms with van der Waals surface area (Å²) in [5, 5.41) is 7.43. The molecule has 35 heavy (non-hydrogen) atoms. The Morgan fingerprint density at radius 2 is 2.09 bits per heavy atom. The maximum Gasteiger partial charge on any atom is 0.248 e.